The van der Waals surface area contributed by atoms with Gasteiger partial charge in [-0.15, -0.1) is 0 Å². The molecule has 1 N–H and O–H groups in total. The maximum absolute atomic E-state index is 10.8. The Morgan fingerprint density at radius 1 is 1.64 bits per heavy atom. The van der Waals surface area contributed by atoms with Crippen LogP contribution >= 0.6 is 0 Å². The van der Waals surface area contributed by atoms with Gasteiger partial charge in [-0.25, -0.2) is 0 Å². The van der Waals surface area contributed by atoms with Crippen LogP contribution in [0.2, 0.25) is 0 Å². The Morgan fingerprint density at radius 2 is 2.29 bits per heavy atom. The van der Waals surface area contributed by atoms with Gasteiger partial charge in [0.05, 0.1) is 6.61 Å². The summed E-state index contributed by atoms with van der Waals surface area (Å²) in [5.41, 5.74) is 0. The van der Waals surface area contributed by atoms with Crippen LogP contribution in [0.4, 0.5) is 0 Å². The Labute approximate surface area is 84.8 Å². The monoisotopic (exact) mass is 201 g/mol. The Bertz CT molecular complexity index is 208. The minimum absolute atomic E-state index is 0.376. The number of aliphatic carboxylic acids is 1. The minimum atomic E-state index is -0.740. The second kappa shape index (κ2) is 4.75. The van der Waals surface area contributed by atoms with Crippen molar-refractivity contribution in [3.05, 3.63) is 0 Å². The van der Waals surface area contributed by atoms with Crippen LogP contribution in [0, 0.1) is 11.8 Å². The summed E-state index contributed by atoms with van der Waals surface area (Å²) in [5.74, 6) is 0.258. The lowest BCUT2D eigenvalue weighted by atomic mass is 10.00. The highest BCUT2D eigenvalue weighted by atomic mass is 16.5. The Balaban J connectivity index is 2.49. The predicted molar refractivity (Wildman–Crippen MR) is 53.2 cm³/mol. The Morgan fingerprint density at radius 3 is 2.79 bits per heavy atom. The summed E-state index contributed by atoms with van der Waals surface area (Å²) in [4.78, 5) is 12.8. The Hall–Kier alpha value is -0.610. The molecule has 0 saturated carbocycles. The number of nitrogens with zero attached hydrogens (tertiary/aromatic N) is 1. The summed E-state index contributed by atoms with van der Waals surface area (Å²) >= 11 is 0. The fourth-order valence-corrected chi connectivity index (χ4v) is 1.98. The molecule has 0 aromatic rings. The zero-order valence-electron chi connectivity index (χ0n) is 9.06. The standard InChI is InChI=1S/C10H19NO3/c1-7-4-11(8(2)10(12)13)5-9(7)6-14-3/h7-9H,4-6H2,1-3H3,(H,12,13). The van der Waals surface area contributed by atoms with Gasteiger partial charge in [0, 0.05) is 20.2 Å². The molecule has 3 unspecified atom stereocenters. The summed E-state index contributed by atoms with van der Waals surface area (Å²) in [6.07, 6.45) is 0. The maximum atomic E-state index is 10.8. The SMILES string of the molecule is COCC1CN(C(C)C(=O)O)CC1C. The first-order valence-corrected chi connectivity index (χ1v) is 5.02. The topological polar surface area (TPSA) is 49.8 Å². The molecule has 3 atom stereocenters. The fraction of sp³-hybridized carbons (Fsp3) is 0.900. The van der Waals surface area contributed by atoms with Crippen LogP contribution in [0.25, 0.3) is 0 Å². The van der Waals surface area contributed by atoms with Gasteiger partial charge < -0.3 is 9.84 Å². The second-order valence-electron chi connectivity index (χ2n) is 4.16. The van der Waals surface area contributed by atoms with E-state index < -0.39 is 5.97 Å². The lowest BCUT2D eigenvalue weighted by Crippen LogP contribution is -2.37. The van der Waals surface area contributed by atoms with Gasteiger partial charge >= 0.3 is 5.97 Å². The molecular weight excluding hydrogens is 182 g/mol. The molecular formula is C10H19NO3. The maximum Gasteiger partial charge on any atom is 0.320 e. The summed E-state index contributed by atoms with van der Waals surface area (Å²) in [7, 11) is 1.69. The largest absolute Gasteiger partial charge is 0.480 e. The van der Waals surface area contributed by atoms with Crippen molar-refractivity contribution in [1.29, 1.82) is 0 Å². The number of carboxylic acids is 1. The average molecular weight is 201 g/mol. The van der Waals surface area contributed by atoms with Crippen LogP contribution < -0.4 is 0 Å². The zero-order valence-corrected chi connectivity index (χ0v) is 9.06. The molecule has 1 rings (SSSR count). The third kappa shape index (κ3) is 2.45. The smallest absolute Gasteiger partial charge is 0.320 e. The van der Waals surface area contributed by atoms with Crippen molar-refractivity contribution >= 4 is 5.97 Å². The van der Waals surface area contributed by atoms with Gasteiger partial charge in [-0.05, 0) is 18.8 Å². The van der Waals surface area contributed by atoms with Crippen LogP contribution in [-0.4, -0.2) is 48.8 Å². The summed E-state index contributed by atoms with van der Waals surface area (Å²) in [6.45, 7) is 6.32. The molecule has 14 heavy (non-hydrogen) atoms. The predicted octanol–water partition coefficient (Wildman–Crippen LogP) is 0.674. The molecule has 1 saturated heterocycles. The number of carbonyl (C=O) groups is 1. The van der Waals surface area contributed by atoms with Crippen LogP contribution in [0.15, 0.2) is 0 Å². The third-order valence-corrected chi connectivity index (χ3v) is 3.08. The van der Waals surface area contributed by atoms with Gasteiger partial charge in [0.1, 0.15) is 6.04 Å². The van der Waals surface area contributed by atoms with Crippen LogP contribution in [-0.2, 0) is 9.53 Å². The number of methoxy groups -OCH3 is 1. The highest BCUT2D eigenvalue weighted by Crippen LogP contribution is 2.24. The van der Waals surface area contributed by atoms with Crippen molar-refractivity contribution in [1.82, 2.24) is 4.90 Å². The number of hydrogen-bond donors (Lipinski definition) is 1. The molecule has 82 valence electrons. The van der Waals surface area contributed by atoms with E-state index in [1.54, 1.807) is 14.0 Å². The fourth-order valence-electron chi connectivity index (χ4n) is 1.98. The van der Waals surface area contributed by atoms with Crippen molar-refractivity contribution < 1.29 is 14.6 Å². The minimum Gasteiger partial charge on any atom is -0.480 e. The molecule has 0 bridgehead atoms. The highest BCUT2D eigenvalue weighted by molar-refractivity contribution is 5.72. The van der Waals surface area contributed by atoms with Crippen molar-refractivity contribution in [2.45, 2.75) is 19.9 Å². The van der Waals surface area contributed by atoms with Crippen LogP contribution in [0.3, 0.4) is 0 Å². The van der Waals surface area contributed by atoms with Crippen molar-refractivity contribution in [3.63, 3.8) is 0 Å². The van der Waals surface area contributed by atoms with E-state index >= 15 is 0 Å². The molecule has 1 aliphatic rings. The van der Waals surface area contributed by atoms with Gasteiger partial charge in [0.2, 0.25) is 0 Å². The summed E-state index contributed by atoms with van der Waals surface area (Å²) in [6, 6.07) is -0.376. The molecule has 0 radical (unpaired) electrons. The van der Waals surface area contributed by atoms with E-state index in [1.807, 2.05) is 4.90 Å². The first-order valence-electron chi connectivity index (χ1n) is 5.02. The van der Waals surface area contributed by atoms with Gasteiger partial charge in [0.25, 0.3) is 0 Å². The molecule has 4 nitrogen and oxygen atoms in total. The molecule has 0 aliphatic carbocycles. The molecule has 1 aliphatic heterocycles. The molecule has 0 spiro atoms. The van der Waals surface area contributed by atoms with Crippen molar-refractivity contribution in [3.8, 4) is 0 Å². The lowest BCUT2D eigenvalue weighted by molar-refractivity contribution is -0.142. The van der Waals surface area contributed by atoms with E-state index in [2.05, 4.69) is 6.92 Å². The van der Waals surface area contributed by atoms with Gasteiger partial charge in [-0.3, -0.25) is 9.69 Å². The first kappa shape index (κ1) is 11.5. The molecule has 4 heteroatoms. The Kier molecular flexibility index (Phi) is 3.89. The summed E-state index contributed by atoms with van der Waals surface area (Å²) < 4.78 is 5.11. The van der Waals surface area contributed by atoms with E-state index in [4.69, 9.17) is 9.84 Å². The number of carboxylic acid groups (broad SMARTS) is 1. The molecule has 1 fully saturated rings. The number of likely N-dealkylation sites (tertiary alicyclic amines) is 1. The van der Waals surface area contributed by atoms with Gasteiger partial charge in [0.15, 0.2) is 0 Å². The van der Waals surface area contributed by atoms with Gasteiger partial charge in [-0.2, -0.15) is 0 Å². The van der Waals surface area contributed by atoms with E-state index in [-0.39, 0.29) is 6.04 Å². The van der Waals surface area contributed by atoms with Crippen LogP contribution in [0.1, 0.15) is 13.8 Å². The van der Waals surface area contributed by atoms with Crippen molar-refractivity contribution in [2.24, 2.45) is 11.8 Å². The number of hydrogen-bond acceptors (Lipinski definition) is 3. The molecule has 0 amide bonds. The van der Waals surface area contributed by atoms with E-state index in [1.165, 1.54) is 0 Å². The zero-order chi connectivity index (χ0) is 10.7. The molecule has 0 aromatic heterocycles. The molecule has 1 heterocycles. The van der Waals surface area contributed by atoms with E-state index in [9.17, 15) is 4.79 Å². The molecule has 0 aromatic carbocycles. The second-order valence-corrected chi connectivity index (χ2v) is 4.16. The van der Waals surface area contributed by atoms with E-state index in [0.29, 0.717) is 11.8 Å². The van der Waals surface area contributed by atoms with Crippen LogP contribution in [0.5, 0.6) is 0 Å². The normalized spacial score (nSPS) is 30.5. The van der Waals surface area contributed by atoms with Gasteiger partial charge in [-0.1, -0.05) is 6.92 Å². The average Bonchev–Trinajstić information content (AvgIpc) is 2.47. The lowest BCUT2D eigenvalue weighted by Gasteiger charge is -2.20. The number of ether oxygens (including phenoxy) is 1. The third-order valence-electron chi connectivity index (χ3n) is 3.08. The number of rotatable bonds is 4. The highest BCUT2D eigenvalue weighted by Gasteiger charge is 2.34. The first-order chi connectivity index (χ1) is 6.56. The summed E-state index contributed by atoms with van der Waals surface area (Å²) in [5, 5.41) is 8.87. The van der Waals surface area contributed by atoms with E-state index in [0.717, 1.165) is 19.7 Å². The quantitative estimate of drug-likeness (QED) is 0.726. The van der Waals surface area contributed by atoms with Crippen molar-refractivity contribution in [2.75, 3.05) is 26.8 Å².